The molecule has 0 saturated carbocycles. The molecule has 40 heavy (non-hydrogen) atoms. The first kappa shape index (κ1) is 30.5. The van der Waals surface area contributed by atoms with E-state index in [4.69, 9.17) is 16.3 Å². The first-order chi connectivity index (χ1) is 18.8. The molecule has 0 radical (unpaired) electrons. The molecule has 3 N–H and O–H groups in total. The van der Waals surface area contributed by atoms with Gasteiger partial charge in [-0.3, -0.25) is 14.4 Å². The second-order valence-corrected chi connectivity index (χ2v) is 9.44. The molecule has 9 nitrogen and oxygen atoms in total. The average Bonchev–Trinajstić information content (AvgIpc) is 3.30. The summed E-state index contributed by atoms with van der Waals surface area (Å²) in [4.78, 5) is 41.4. The first-order valence-electron chi connectivity index (χ1n) is 12.2. The van der Waals surface area contributed by atoms with Crippen molar-refractivity contribution in [3.05, 3.63) is 70.6 Å². The number of imidazole rings is 1. The second kappa shape index (κ2) is 12.9. The van der Waals surface area contributed by atoms with E-state index in [1.165, 1.54) is 32.3 Å². The fourth-order valence-corrected chi connectivity index (χ4v) is 4.01. The fraction of sp³-hybridized carbons (Fsp3) is 0.333. The van der Waals surface area contributed by atoms with Gasteiger partial charge in [-0.15, -0.1) is 0 Å². The molecule has 1 heterocycles. The van der Waals surface area contributed by atoms with Crippen LogP contribution < -0.4 is 20.7 Å². The summed E-state index contributed by atoms with van der Waals surface area (Å²) in [6.07, 6.45) is -4.62. The molecule has 0 aliphatic carbocycles. The minimum absolute atomic E-state index is 0.0161. The Morgan fingerprint density at radius 3 is 2.30 bits per heavy atom. The Bertz CT molecular complexity index is 1380. The number of carbonyl (C=O) groups excluding carboxylic acids is 3. The molecule has 3 aromatic rings. The highest BCUT2D eigenvalue weighted by atomic mass is 35.5. The number of hydrogen-bond donors (Lipinski definition) is 3. The number of nitrogens with zero attached hydrogens (tertiary/aromatic N) is 2. The van der Waals surface area contributed by atoms with Crippen molar-refractivity contribution in [2.24, 2.45) is 7.05 Å². The Balaban J connectivity index is 1.74. The van der Waals surface area contributed by atoms with Crippen LogP contribution in [0.25, 0.3) is 11.3 Å². The maximum atomic E-state index is 12.9. The number of amides is 3. The third kappa shape index (κ3) is 7.75. The number of hydrogen-bond acceptors (Lipinski definition) is 5. The molecule has 0 spiro atoms. The highest BCUT2D eigenvalue weighted by Crippen LogP contribution is 2.31. The van der Waals surface area contributed by atoms with Gasteiger partial charge in [0.2, 0.25) is 5.91 Å². The predicted molar refractivity (Wildman–Crippen MR) is 143 cm³/mol. The maximum Gasteiger partial charge on any atom is 0.425 e. The van der Waals surface area contributed by atoms with E-state index < -0.39 is 24.2 Å². The topological polar surface area (TPSA) is 114 Å². The van der Waals surface area contributed by atoms with Gasteiger partial charge >= 0.3 is 6.18 Å². The zero-order valence-electron chi connectivity index (χ0n) is 22.2. The van der Waals surface area contributed by atoms with E-state index in [-0.39, 0.29) is 40.4 Å². The van der Waals surface area contributed by atoms with Gasteiger partial charge < -0.3 is 25.3 Å². The molecule has 214 valence electrons. The van der Waals surface area contributed by atoms with Gasteiger partial charge in [0.15, 0.2) is 11.9 Å². The minimum atomic E-state index is -4.57. The van der Waals surface area contributed by atoms with Crippen LogP contribution >= 0.6 is 11.6 Å². The van der Waals surface area contributed by atoms with Crippen molar-refractivity contribution in [2.75, 3.05) is 14.1 Å². The van der Waals surface area contributed by atoms with Crippen molar-refractivity contribution < 1.29 is 32.3 Å². The van der Waals surface area contributed by atoms with Gasteiger partial charge in [0, 0.05) is 50.9 Å². The summed E-state index contributed by atoms with van der Waals surface area (Å²) in [5.41, 5.74) is 2.30. The summed E-state index contributed by atoms with van der Waals surface area (Å²) in [6.45, 7) is 0.853. The molecule has 0 aliphatic rings. The van der Waals surface area contributed by atoms with E-state index in [0.29, 0.717) is 12.1 Å². The molecule has 1 aromatic heterocycles. The van der Waals surface area contributed by atoms with Crippen LogP contribution in [0.4, 0.5) is 13.2 Å². The molecular weight excluding hydrogens is 551 g/mol. The highest BCUT2D eigenvalue weighted by molar-refractivity contribution is 6.32. The summed E-state index contributed by atoms with van der Waals surface area (Å²) in [5, 5.41) is 7.71. The molecule has 0 fully saturated rings. The van der Waals surface area contributed by atoms with Gasteiger partial charge in [-0.2, -0.15) is 13.2 Å². The van der Waals surface area contributed by atoms with Crippen LogP contribution in [0.5, 0.6) is 5.75 Å². The third-order valence-corrected chi connectivity index (χ3v) is 6.34. The average molecular weight is 580 g/mol. The number of nitrogens with one attached hydrogen (secondary N) is 3. The van der Waals surface area contributed by atoms with E-state index in [9.17, 15) is 27.6 Å². The predicted octanol–water partition coefficient (Wildman–Crippen LogP) is 3.91. The van der Waals surface area contributed by atoms with Gasteiger partial charge in [0.1, 0.15) is 5.75 Å². The van der Waals surface area contributed by atoms with E-state index in [1.807, 2.05) is 24.3 Å². The summed E-state index contributed by atoms with van der Waals surface area (Å²) >= 11 is 6.08. The van der Waals surface area contributed by atoms with Gasteiger partial charge in [-0.25, -0.2) is 4.98 Å². The van der Waals surface area contributed by atoms with Crippen molar-refractivity contribution in [1.82, 2.24) is 25.5 Å². The van der Waals surface area contributed by atoms with Crippen molar-refractivity contribution in [2.45, 2.75) is 38.1 Å². The van der Waals surface area contributed by atoms with Gasteiger partial charge in [0.25, 0.3) is 11.8 Å². The summed E-state index contributed by atoms with van der Waals surface area (Å²) in [5.74, 6) is -1.10. The highest BCUT2D eigenvalue weighted by Gasteiger charge is 2.38. The lowest BCUT2D eigenvalue weighted by molar-refractivity contribution is -0.189. The van der Waals surface area contributed by atoms with Crippen LogP contribution in [-0.2, 0) is 18.3 Å². The first-order valence-corrected chi connectivity index (χ1v) is 12.6. The number of ether oxygens (including phenoxy) is 1. The molecule has 0 unspecified atom stereocenters. The number of aromatic nitrogens is 2. The van der Waals surface area contributed by atoms with Crippen LogP contribution in [0.2, 0.25) is 5.02 Å². The molecule has 2 atom stereocenters. The zero-order valence-corrected chi connectivity index (χ0v) is 23.0. The lowest BCUT2D eigenvalue weighted by Crippen LogP contribution is -2.40. The molecule has 0 bridgehead atoms. The third-order valence-electron chi connectivity index (χ3n) is 6.04. The molecule has 2 aromatic carbocycles. The van der Waals surface area contributed by atoms with Crippen LogP contribution in [0.3, 0.4) is 0 Å². The minimum Gasteiger partial charge on any atom is -0.480 e. The number of rotatable bonds is 10. The van der Waals surface area contributed by atoms with Crippen molar-refractivity contribution >= 4 is 29.3 Å². The van der Waals surface area contributed by atoms with Gasteiger partial charge in [-0.05, 0) is 37.1 Å². The SMILES string of the molecule is CNC(=O)C[C@H](Cc1ccc(-c2cn(C)c(C(=O)NC)n2)cc1)NC(=O)c1ccc(O[C@H](C)C(F)(F)F)c(Cl)c1. The van der Waals surface area contributed by atoms with E-state index in [1.54, 1.807) is 17.8 Å². The summed E-state index contributed by atoms with van der Waals surface area (Å²) in [7, 11) is 4.73. The Morgan fingerprint density at radius 1 is 1.05 bits per heavy atom. The summed E-state index contributed by atoms with van der Waals surface area (Å²) in [6, 6.07) is 10.4. The molecule has 13 heteroatoms. The molecule has 3 amide bonds. The number of alkyl halides is 3. The zero-order chi connectivity index (χ0) is 29.6. The lowest BCUT2D eigenvalue weighted by Gasteiger charge is -2.20. The number of aryl methyl sites for hydroxylation is 1. The molecule has 3 rings (SSSR count). The maximum absolute atomic E-state index is 12.9. The van der Waals surface area contributed by atoms with Crippen molar-refractivity contribution in [1.29, 1.82) is 0 Å². The van der Waals surface area contributed by atoms with E-state index in [0.717, 1.165) is 18.1 Å². The monoisotopic (exact) mass is 579 g/mol. The van der Waals surface area contributed by atoms with E-state index in [2.05, 4.69) is 20.9 Å². The quantitative estimate of drug-likeness (QED) is 0.337. The Kier molecular flexibility index (Phi) is 9.80. The number of halogens is 4. The Morgan fingerprint density at radius 2 is 1.73 bits per heavy atom. The number of benzene rings is 2. The van der Waals surface area contributed by atoms with Gasteiger partial charge in [0.05, 0.1) is 10.7 Å². The largest absolute Gasteiger partial charge is 0.480 e. The smallest absolute Gasteiger partial charge is 0.425 e. The lowest BCUT2D eigenvalue weighted by atomic mass is 10.0. The fourth-order valence-electron chi connectivity index (χ4n) is 3.79. The Labute approximate surface area is 234 Å². The number of carbonyl (C=O) groups is 3. The summed E-state index contributed by atoms with van der Waals surface area (Å²) < 4.78 is 44.9. The molecular formula is C27H29ClF3N5O4. The molecule has 0 saturated heterocycles. The van der Waals surface area contributed by atoms with Crippen LogP contribution in [-0.4, -0.2) is 59.7 Å². The second-order valence-electron chi connectivity index (χ2n) is 9.04. The van der Waals surface area contributed by atoms with Crippen molar-refractivity contribution in [3.8, 4) is 17.0 Å². The standard InChI is InChI=1S/C27H29ClF3N5O4/c1-15(27(29,30)31)40-22-10-9-18(12-20(22)28)25(38)34-19(13-23(37)32-2)11-16-5-7-17(8-6-16)21-14-36(4)24(35-21)26(39)33-3/h5-10,12,14-15,19H,11,13H2,1-4H3,(H,32,37)(H,33,39)(H,34,38)/t15-,19+/m1/s1. The molecule has 0 aliphatic heterocycles. The van der Waals surface area contributed by atoms with Gasteiger partial charge in [-0.1, -0.05) is 35.9 Å². The van der Waals surface area contributed by atoms with Crippen molar-refractivity contribution in [3.63, 3.8) is 0 Å². The van der Waals surface area contributed by atoms with E-state index >= 15 is 0 Å². The van der Waals surface area contributed by atoms with Crippen LogP contribution in [0.15, 0.2) is 48.7 Å². The van der Waals surface area contributed by atoms with Crippen LogP contribution in [0.1, 0.15) is 39.9 Å². The Hall–Kier alpha value is -4.06. The normalized spacial score (nSPS) is 12.8. The van der Waals surface area contributed by atoms with Crippen LogP contribution in [0, 0.1) is 0 Å².